The van der Waals surface area contributed by atoms with Crippen LogP contribution in [0.5, 0.6) is 0 Å². The Morgan fingerprint density at radius 2 is 2.08 bits per heavy atom. The number of nitriles is 1. The molecule has 124 valence electrons. The molecule has 0 fully saturated rings. The molecule has 0 spiro atoms. The van der Waals surface area contributed by atoms with Crippen LogP contribution in [0.4, 0.5) is 0 Å². The molecule has 4 rings (SSSR count). The molecule has 0 aliphatic carbocycles. The van der Waals surface area contributed by atoms with Crippen molar-refractivity contribution in [3.05, 3.63) is 63.5 Å². The standard InChI is InChI=1S/C19H15BrN4O/c1-10-7-13(20)16(12-5-6-22-17(10)12)19(2,25)18-23-14-4-3-11(9-21)8-15(14)24-18/h3-8,22,25H,1-2H3,(H,23,24). The summed E-state index contributed by atoms with van der Waals surface area (Å²) in [6, 6.07) is 11.3. The van der Waals surface area contributed by atoms with Gasteiger partial charge in [0, 0.05) is 27.1 Å². The number of nitrogens with one attached hydrogen (secondary N) is 2. The number of rotatable bonds is 2. The molecule has 25 heavy (non-hydrogen) atoms. The molecule has 0 amide bonds. The van der Waals surface area contributed by atoms with Gasteiger partial charge in [-0.1, -0.05) is 15.9 Å². The van der Waals surface area contributed by atoms with E-state index in [2.05, 4.69) is 37.0 Å². The fraction of sp³-hybridized carbons (Fsp3) is 0.158. The van der Waals surface area contributed by atoms with Gasteiger partial charge in [-0.25, -0.2) is 4.98 Å². The van der Waals surface area contributed by atoms with Gasteiger partial charge in [-0.2, -0.15) is 5.26 Å². The summed E-state index contributed by atoms with van der Waals surface area (Å²) in [5.41, 5.74) is 3.47. The third kappa shape index (κ3) is 2.36. The second kappa shape index (κ2) is 5.45. The van der Waals surface area contributed by atoms with Crippen molar-refractivity contribution in [1.82, 2.24) is 15.0 Å². The van der Waals surface area contributed by atoms with Crippen LogP contribution in [0.15, 0.2) is 41.0 Å². The van der Waals surface area contributed by atoms with Crippen molar-refractivity contribution < 1.29 is 5.11 Å². The molecule has 5 nitrogen and oxygen atoms in total. The van der Waals surface area contributed by atoms with E-state index in [1.165, 1.54) is 0 Å². The third-order valence-electron chi connectivity index (χ3n) is 4.55. The van der Waals surface area contributed by atoms with Crippen molar-refractivity contribution in [3.8, 4) is 6.07 Å². The molecule has 0 saturated carbocycles. The number of benzene rings is 2. The van der Waals surface area contributed by atoms with Gasteiger partial charge in [-0.3, -0.25) is 0 Å². The number of hydrogen-bond acceptors (Lipinski definition) is 3. The molecule has 0 radical (unpaired) electrons. The summed E-state index contributed by atoms with van der Waals surface area (Å²) in [4.78, 5) is 10.9. The van der Waals surface area contributed by atoms with Crippen molar-refractivity contribution in [1.29, 1.82) is 5.26 Å². The number of aryl methyl sites for hydroxylation is 1. The van der Waals surface area contributed by atoms with Gasteiger partial charge in [-0.15, -0.1) is 0 Å². The van der Waals surface area contributed by atoms with Gasteiger partial charge in [0.2, 0.25) is 0 Å². The zero-order chi connectivity index (χ0) is 17.8. The van der Waals surface area contributed by atoms with E-state index in [0.717, 1.165) is 32.0 Å². The first-order valence-corrected chi connectivity index (χ1v) is 8.60. The van der Waals surface area contributed by atoms with Crippen LogP contribution in [0.2, 0.25) is 0 Å². The molecule has 0 aliphatic heterocycles. The Morgan fingerprint density at radius 3 is 2.84 bits per heavy atom. The van der Waals surface area contributed by atoms with E-state index in [0.29, 0.717) is 16.9 Å². The lowest BCUT2D eigenvalue weighted by atomic mass is 9.91. The van der Waals surface area contributed by atoms with Crippen molar-refractivity contribution in [2.24, 2.45) is 0 Å². The fourth-order valence-corrected chi connectivity index (χ4v) is 4.23. The van der Waals surface area contributed by atoms with Crippen LogP contribution in [0, 0.1) is 18.3 Å². The number of hydrogen-bond donors (Lipinski definition) is 3. The molecule has 4 aromatic rings. The van der Waals surface area contributed by atoms with Gasteiger partial charge in [0.1, 0.15) is 11.4 Å². The molecule has 0 saturated heterocycles. The minimum atomic E-state index is -1.33. The van der Waals surface area contributed by atoms with Crippen LogP contribution >= 0.6 is 15.9 Å². The van der Waals surface area contributed by atoms with Gasteiger partial charge >= 0.3 is 0 Å². The average Bonchev–Trinajstić information content (AvgIpc) is 3.20. The third-order valence-corrected chi connectivity index (χ3v) is 5.18. The number of aliphatic hydroxyl groups is 1. The van der Waals surface area contributed by atoms with Crippen molar-refractivity contribution in [2.75, 3.05) is 0 Å². The summed E-state index contributed by atoms with van der Waals surface area (Å²) in [6.45, 7) is 3.74. The summed E-state index contributed by atoms with van der Waals surface area (Å²) in [5, 5.41) is 21.4. The minimum Gasteiger partial charge on any atom is -0.377 e. The van der Waals surface area contributed by atoms with Crippen LogP contribution in [-0.2, 0) is 5.60 Å². The first-order valence-electron chi connectivity index (χ1n) is 7.81. The molecule has 2 aromatic carbocycles. The van der Waals surface area contributed by atoms with Crippen molar-refractivity contribution in [2.45, 2.75) is 19.4 Å². The van der Waals surface area contributed by atoms with E-state index in [9.17, 15) is 5.11 Å². The smallest absolute Gasteiger partial charge is 0.146 e. The Hall–Kier alpha value is -2.62. The highest BCUT2D eigenvalue weighted by Crippen LogP contribution is 2.39. The zero-order valence-electron chi connectivity index (χ0n) is 13.7. The summed E-state index contributed by atoms with van der Waals surface area (Å²) in [7, 11) is 0. The largest absolute Gasteiger partial charge is 0.377 e. The molecule has 1 atom stereocenters. The topological polar surface area (TPSA) is 88.5 Å². The Bertz CT molecular complexity index is 1160. The second-order valence-electron chi connectivity index (χ2n) is 6.32. The highest BCUT2D eigenvalue weighted by molar-refractivity contribution is 9.10. The van der Waals surface area contributed by atoms with Gasteiger partial charge in [0.25, 0.3) is 0 Å². The van der Waals surface area contributed by atoms with Gasteiger partial charge in [0.15, 0.2) is 0 Å². The number of aromatic amines is 2. The number of halogens is 1. The SMILES string of the molecule is Cc1cc(Br)c(C(C)(O)c2nc3ccc(C#N)cc3[nH]2)c2cc[nH]c12. The van der Waals surface area contributed by atoms with Gasteiger partial charge in [-0.05, 0) is 49.7 Å². The molecular weight excluding hydrogens is 380 g/mol. The summed E-state index contributed by atoms with van der Waals surface area (Å²) >= 11 is 3.59. The highest BCUT2D eigenvalue weighted by Gasteiger charge is 2.33. The number of fused-ring (bicyclic) bond motifs is 2. The Kier molecular flexibility index (Phi) is 3.46. The first kappa shape index (κ1) is 15.9. The molecule has 0 bridgehead atoms. The number of H-pyrrole nitrogens is 2. The average molecular weight is 395 g/mol. The van der Waals surface area contributed by atoms with Crippen LogP contribution in [0.25, 0.3) is 21.9 Å². The molecule has 2 heterocycles. The van der Waals surface area contributed by atoms with E-state index in [1.54, 1.807) is 25.1 Å². The molecule has 3 N–H and O–H groups in total. The number of imidazole rings is 1. The summed E-state index contributed by atoms with van der Waals surface area (Å²) in [6.07, 6.45) is 1.86. The fourth-order valence-electron chi connectivity index (χ4n) is 3.29. The predicted octanol–water partition coefficient (Wildman–Crippen LogP) is 4.24. The maximum Gasteiger partial charge on any atom is 0.146 e. The summed E-state index contributed by atoms with van der Waals surface area (Å²) < 4.78 is 0.820. The van der Waals surface area contributed by atoms with E-state index < -0.39 is 5.60 Å². The second-order valence-corrected chi connectivity index (χ2v) is 7.17. The molecule has 2 aromatic heterocycles. The Morgan fingerprint density at radius 1 is 1.28 bits per heavy atom. The number of nitrogens with zero attached hydrogens (tertiary/aromatic N) is 2. The molecule has 0 aliphatic rings. The molecule has 1 unspecified atom stereocenters. The van der Waals surface area contributed by atoms with E-state index in [4.69, 9.17) is 5.26 Å². The van der Waals surface area contributed by atoms with E-state index >= 15 is 0 Å². The minimum absolute atomic E-state index is 0.435. The van der Waals surface area contributed by atoms with E-state index in [-0.39, 0.29) is 0 Å². The Labute approximate surface area is 152 Å². The first-order chi connectivity index (χ1) is 11.9. The van der Waals surface area contributed by atoms with Crippen molar-refractivity contribution in [3.63, 3.8) is 0 Å². The normalized spacial score (nSPS) is 13.9. The summed E-state index contributed by atoms with van der Waals surface area (Å²) in [5.74, 6) is 0.435. The highest BCUT2D eigenvalue weighted by atomic mass is 79.9. The lowest BCUT2D eigenvalue weighted by molar-refractivity contribution is 0.0943. The lowest BCUT2D eigenvalue weighted by Gasteiger charge is -2.24. The number of aromatic nitrogens is 3. The van der Waals surface area contributed by atoms with Gasteiger partial charge < -0.3 is 15.1 Å². The maximum atomic E-state index is 11.4. The maximum absolute atomic E-state index is 11.4. The lowest BCUT2D eigenvalue weighted by Crippen LogP contribution is -2.25. The molecular formula is C19H15BrN4O. The van der Waals surface area contributed by atoms with Crippen LogP contribution in [0.3, 0.4) is 0 Å². The Balaban J connectivity index is 1.96. The van der Waals surface area contributed by atoms with Crippen LogP contribution in [0.1, 0.15) is 29.4 Å². The quantitative estimate of drug-likeness (QED) is 0.474. The van der Waals surface area contributed by atoms with Crippen molar-refractivity contribution >= 4 is 37.9 Å². The van der Waals surface area contributed by atoms with E-state index in [1.807, 2.05) is 25.3 Å². The zero-order valence-corrected chi connectivity index (χ0v) is 15.3. The predicted molar refractivity (Wildman–Crippen MR) is 100 cm³/mol. The van der Waals surface area contributed by atoms with Crippen LogP contribution < -0.4 is 0 Å². The van der Waals surface area contributed by atoms with Crippen LogP contribution in [-0.4, -0.2) is 20.1 Å². The molecule has 6 heteroatoms. The monoisotopic (exact) mass is 394 g/mol. The van der Waals surface area contributed by atoms with Gasteiger partial charge in [0.05, 0.1) is 22.7 Å².